The fraction of sp³-hybridized carbons (Fsp3) is 0.812. The standard InChI is InChI=1S/C16H28N6O.HI/c1-3-17-16(18-9-12-5-4-6-14(12)23)20-13-7-8-15-19-11(2)21-22(15)10-13;/h12-14,23H,3-10H2,1-2H3,(H2,17,18,20);1H. The van der Waals surface area contributed by atoms with Crippen molar-refractivity contribution in [2.75, 3.05) is 13.1 Å². The predicted molar refractivity (Wildman–Crippen MR) is 105 cm³/mol. The van der Waals surface area contributed by atoms with Gasteiger partial charge in [0, 0.05) is 31.5 Å². The summed E-state index contributed by atoms with van der Waals surface area (Å²) in [7, 11) is 0. The molecule has 3 atom stereocenters. The molecule has 3 unspecified atom stereocenters. The molecule has 8 heteroatoms. The monoisotopic (exact) mass is 448 g/mol. The zero-order valence-electron chi connectivity index (χ0n) is 14.5. The van der Waals surface area contributed by atoms with Crippen LogP contribution in [0.25, 0.3) is 0 Å². The van der Waals surface area contributed by atoms with E-state index < -0.39 is 0 Å². The van der Waals surface area contributed by atoms with Crippen molar-refractivity contribution in [3.63, 3.8) is 0 Å². The van der Waals surface area contributed by atoms with Gasteiger partial charge in [-0.1, -0.05) is 6.42 Å². The normalized spacial score (nSPS) is 26.6. The van der Waals surface area contributed by atoms with Crippen LogP contribution in [0.3, 0.4) is 0 Å². The van der Waals surface area contributed by atoms with E-state index in [2.05, 4.69) is 27.6 Å². The number of hydrogen-bond donors (Lipinski definition) is 3. The van der Waals surface area contributed by atoms with Crippen molar-refractivity contribution in [3.8, 4) is 0 Å². The topological polar surface area (TPSA) is 87.4 Å². The number of aliphatic hydroxyl groups excluding tert-OH is 1. The van der Waals surface area contributed by atoms with Crippen LogP contribution in [0.5, 0.6) is 0 Å². The third kappa shape index (κ3) is 4.81. The van der Waals surface area contributed by atoms with Gasteiger partial charge in [-0.05, 0) is 33.1 Å². The SMILES string of the molecule is CCNC(=NCC1CCCC1O)NC1CCc2nc(C)nn2C1.I. The fourth-order valence-corrected chi connectivity index (χ4v) is 3.50. The van der Waals surface area contributed by atoms with Crippen LogP contribution in [0.1, 0.15) is 44.3 Å². The number of aliphatic imine (C=N–C) groups is 1. The maximum Gasteiger partial charge on any atom is 0.191 e. The fourth-order valence-electron chi connectivity index (χ4n) is 3.50. The summed E-state index contributed by atoms with van der Waals surface area (Å²) in [5, 5.41) is 21.2. The highest BCUT2D eigenvalue weighted by molar-refractivity contribution is 14.0. The Labute approximate surface area is 160 Å². The molecule has 1 aromatic heterocycles. The van der Waals surface area contributed by atoms with Crippen molar-refractivity contribution in [2.45, 2.75) is 64.6 Å². The molecule has 136 valence electrons. The van der Waals surface area contributed by atoms with Crippen molar-refractivity contribution in [3.05, 3.63) is 11.6 Å². The molecule has 0 radical (unpaired) electrons. The van der Waals surface area contributed by atoms with Crippen LogP contribution in [0.15, 0.2) is 4.99 Å². The van der Waals surface area contributed by atoms with Crippen LogP contribution < -0.4 is 10.6 Å². The molecule has 1 saturated carbocycles. The van der Waals surface area contributed by atoms with Gasteiger partial charge < -0.3 is 15.7 Å². The van der Waals surface area contributed by atoms with E-state index in [1.807, 2.05) is 11.6 Å². The van der Waals surface area contributed by atoms with Crippen molar-refractivity contribution in [1.82, 2.24) is 25.4 Å². The number of fused-ring (bicyclic) bond motifs is 1. The maximum absolute atomic E-state index is 9.94. The number of halogens is 1. The molecule has 0 bridgehead atoms. The predicted octanol–water partition coefficient (Wildman–Crippen LogP) is 1.24. The minimum atomic E-state index is -0.183. The average Bonchev–Trinajstić information content (AvgIpc) is 3.09. The number of rotatable bonds is 4. The van der Waals surface area contributed by atoms with E-state index in [-0.39, 0.29) is 30.1 Å². The summed E-state index contributed by atoms with van der Waals surface area (Å²) in [6.07, 6.45) is 4.91. The first-order chi connectivity index (χ1) is 11.2. The first-order valence-electron chi connectivity index (χ1n) is 8.79. The Kier molecular flexibility index (Phi) is 7.27. The van der Waals surface area contributed by atoms with E-state index in [1.165, 1.54) is 0 Å². The first kappa shape index (κ1) is 19.4. The van der Waals surface area contributed by atoms with Crippen molar-refractivity contribution in [1.29, 1.82) is 0 Å². The molecule has 3 N–H and O–H groups in total. The van der Waals surface area contributed by atoms with Crippen LogP contribution in [0.4, 0.5) is 0 Å². The van der Waals surface area contributed by atoms with E-state index in [4.69, 9.17) is 4.99 Å². The first-order valence-corrected chi connectivity index (χ1v) is 8.79. The van der Waals surface area contributed by atoms with Gasteiger partial charge in [0.1, 0.15) is 11.6 Å². The van der Waals surface area contributed by atoms with Gasteiger partial charge in [-0.25, -0.2) is 9.67 Å². The summed E-state index contributed by atoms with van der Waals surface area (Å²) >= 11 is 0. The second-order valence-corrected chi connectivity index (χ2v) is 6.62. The van der Waals surface area contributed by atoms with E-state index in [0.717, 1.165) is 62.8 Å². The Hall–Kier alpha value is -0.900. The summed E-state index contributed by atoms with van der Waals surface area (Å²) in [6.45, 7) is 6.36. The Morgan fingerprint density at radius 2 is 2.21 bits per heavy atom. The highest BCUT2D eigenvalue weighted by atomic mass is 127. The van der Waals surface area contributed by atoms with Crippen LogP contribution in [0, 0.1) is 12.8 Å². The summed E-state index contributed by atoms with van der Waals surface area (Å²) in [5.74, 6) is 3.08. The molecule has 0 aromatic carbocycles. The van der Waals surface area contributed by atoms with E-state index >= 15 is 0 Å². The molecule has 2 aliphatic rings. The smallest absolute Gasteiger partial charge is 0.191 e. The molecule has 3 rings (SSSR count). The Morgan fingerprint density at radius 3 is 2.92 bits per heavy atom. The second kappa shape index (κ2) is 8.98. The van der Waals surface area contributed by atoms with Gasteiger partial charge in [-0.2, -0.15) is 5.10 Å². The number of nitrogens with zero attached hydrogens (tertiary/aromatic N) is 4. The summed E-state index contributed by atoms with van der Waals surface area (Å²) in [6, 6.07) is 0.315. The lowest BCUT2D eigenvalue weighted by molar-refractivity contribution is 0.136. The van der Waals surface area contributed by atoms with Gasteiger partial charge in [0.2, 0.25) is 0 Å². The molecular weight excluding hydrogens is 419 g/mol. The molecule has 1 aliphatic heterocycles. The molecular formula is C16H29IN6O. The Balaban J connectivity index is 0.00000208. The van der Waals surface area contributed by atoms with Gasteiger partial charge in [-0.3, -0.25) is 4.99 Å². The van der Waals surface area contributed by atoms with Crippen LogP contribution >= 0.6 is 24.0 Å². The van der Waals surface area contributed by atoms with Gasteiger partial charge in [-0.15, -0.1) is 24.0 Å². The second-order valence-electron chi connectivity index (χ2n) is 6.62. The number of nitrogens with one attached hydrogen (secondary N) is 2. The molecule has 24 heavy (non-hydrogen) atoms. The molecule has 0 spiro atoms. The number of aliphatic hydroxyl groups is 1. The third-order valence-corrected chi connectivity index (χ3v) is 4.75. The summed E-state index contributed by atoms with van der Waals surface area (Å²) in [4.78, 5) is 9.14. The Morgan fingerprint density at radius 1 is 1.38 bits per heavy atom. The molecule has 7 nitrogen and oxygen atoms in total. The lowest BCUT2D eigenvalue weighted by Gasteiger charge is -2.25. The van der Waals surface area contributed by atoms with E-state index in [1.54, 1.807) is 0 Å². The van der Waals surface area contributed by atoms with Crippen LogP contribution in [-0.4, -0.2) is 51.1 Å². The highest BCUT2D eigenvalue weighted by Crippen LogP contribution is 2.25. The molecule has 1 fully saturated rings. The summed E-state index contributed by atoms with van der Waals surface area (Å²) in [5.41, 5.74) is 0. The highest BCUT2D eigenvalue weighted by Gasteiger charge is 2.25. The average molecular weight is 448 g/mol. The van der Waals surface area contributed by atoms with Crippen LogP contribution in [-0.2, 0) is 13.0 Å². The van der Waals surface area contributed by atoms with E-state index in [9.17, 15) is 5.11 Å². The number of aryl methyl sites for hydroxylation is 2. The maximum atomic E-state index is 9.94. The molecule has 1 aliphatic carbocycles. The van der Waals surface area contributed by atoms with Crippen LogP contribution in [0.2, 0.25) is 0 Å². The lowest BCUT2D eigenvalue weighted by atomic mass is 10.1. The van der Waals surface area contributed by atoms with Gasteiger partial charge in [0.15, 0.2) is 5.96 Å². The minimum absolute atomic E-state index is 0. The molecule has 0 amide bonds. The number of hydrogen-bond acceptors (Lipinski definition) is 4. The van der Waals surface area contributed by atoms with Gasteiger partial charge in [0.05, 0.1) is 12.6 Å². The lowest BCUT2D eigenvalue weighted by Crippen LogP contribution is -2.47. The van der Waals surface area contributed by atoms with Crippen molar-refractivity contribution < 1.29 is 5.11 Å². The molecule has 0 saturated heterocycles. The van der Waals surface area contributed by atoms with Gasteiger partial charge in [0.25, 0.3) is 0 Å². The van der Waals surface area contributed by atoms with Gasteiger partial charge >= 0.3 is 0 Å². The molecule has 1 aromatic rings. The van der Waals surface area contributed by atoms with E-state index in [0.29, 0.717) is 18.5 Å². The van der Waals surface area contributed by atoms with Crippen molar-refractivity contribution in [2.24, 2.45) is 10.9 Å². The largest absolute Gasteiger partial charge is 0.393 e. The Bertz CT molecular complexity index is 561. The zero-order valence-corrected chi connectivity index (χ0v) is 16.9. The quantitative estimate of drug-likeness (QED) is 0.367. The third-order valence-electron chi connectivity index (χ3n) is 4.75. The minimum Gasteiger partial charge on any atom is -0.393 e. The summed E-state index contributed by atoms with van der Waals surface area (Å²) < 4.78 is 2.00. The number of guanidine groups is 1. The van der Waals surface area contributed by atoms with Crippen molar-refractivity contribution >= 4 is 29.9 Å². The zero-order chi connectivity index (χ0) is 16.2. The molecule has 2 heterocycles. The number of aromatic nitrogens is 3.